The van der Waals surface area contributed by atoms with Crippen LogP contribution in [0.5, 0.6) is 0 Å². The molecular formula is C22H23FN4O5. The Morgan fingerprint density at radius 3 is 2.50 bits per heavy atom. The molecule has 32 heavy (non-hydrogen) atoms. The number of nitrogens with zero attached hydrogens (tertiary/aromatic N) is 2. The number of benzene rings is 2. The number of unbranched alkanes of at least 4 members (excludes halogenated alkanes) is 1. The van der Waals surface area contributed by atoms with Crippen LogP contribution in [0.15, 0.2) is 42.5 Å². The number of nitro groups is 1. The van der Waals surface area contributed by atoms with Crippen LogP contribution in [0.2, 0.25) is 0 Å². The van der Waals surface area contributed by atoms with Crippen LogP contribution in [0.3, 0.4) is 0 Å². The minimum atomic E-state index is -0.995. The van der Waals surface area contributed by atoms with Crippen LogP contribution < -0.4 is 10.6 Å². The Kier molecular flexibility index (Phi) is 7.14. The molecule has 168 valence electrons. The number of hydrogen-bond donors (Lipinski definition) is 2. The summed E-state index contributed by atoms with van der Waals surface area (Å²) in [6.07, 6.45) is 2.05. The summed E-state index contributed by atoms with van der Waals surface area (Å²) < 4.78 is 13.4. The molecule has 0 aliphatic carbocycles. The Hall–Kier alpha value is -3.82. The van der Waals surface area contributed by atoms with Gasteiger partial charge >= 0.3 is 5.69 Å². The highest BCUT2D eigenvalue weighted by Gasteiger charge is 2.33. The van der Waals surface area contributed by atoms with Crippen LogP contribution in [-0.2, 0) is 9.59 Å². The van der Waals surface area contributed by atoms with Gasteiger partial charge in [-0.1, -0.05) is 13.3 Å². The second-order valence-corrected chi connectivity index (χ2v) is 7.54. The number of amides is 3. The topological polar surface area (TPSA) is 122 Å². The zero-order valence-corrected chi connectivity index (χ0v) is 17.5. The van der Waals surface area contributed by atoms with Gasteiger partial charge in [0, 0.05) is 42.5 Å². The van der Waals surface area contributed by atoms with Crippen molar-refractivity contribution in [3.8, 4) is 0 Å². The average Bonchev–Trinajstić information content (AvgIpc) is 3.14. The lowest BCUT2D eigenvalue weighted by atomic mass is 10.1. The van der Waals surface area contributed by atoms with Crippen molar-refractivity contribution in [1.82, 2.24) is 4.90 Å². The number of nitro benzene ring substituents is 1. The maximum atomic E-state index is 13.4. The van der Waals surface area contributed by atoms with E-state index in [2.05, 4.69) is 10.6 Å². The molecule has 0 bridgehead atoms. The lowest BCUT2D eigenvalue weighted by Crippen LogP contribution is -2.29. The van der Waals surface area contributed by atoms with E-state index in [1.807, 2.05) is 6.92 Å². The van der Waals surface area contributed by atoms with Gasteiger partial charge in [-0.2, -0.15) is 4.39 Å². The van der Waals surface area contributed by atoms with Gasteiger partial charge in [-0.15, -0.1) is 0 Å². The zero-order valence-electron chi connectivity index (χ0n) is 17.5. The Labute approximate surface area is 183 Å². The molecule has 1 atom stereocenters. The first kappa shape index (κ1) is 22.9. The molecule has 2 aromatic carbocycles. The standard InChI is InChI=1S/C22H23FN4O5/c1-2-3-10-26-13-15(11-20(26)28)22(30)24-16-6-4-14(5-7-16)21(29)25-17-8-9-18(23)19(12-17)27(31)32/h4-9,12,15H,2-3,10-11,13H2,1H3,(H,24,30)(H,25,29)/t15-/m1/s1. The third-order valence-corrected chi connectivity index (χ3v) is 5.18. The molecule has 0 unspecified atom stereocenters. The highest BCUT2D eigenvalue weighted by Crippen LogP contribution is 2.23. The molecule has 0 aromatic heterocycles. The van der Waals surface area contributed by atoms with Gasteiger partial charge in [-0.05, 0) is 42.8 Å². The second-order valence-electron chi connectivity index (χ2n) is 7.54. The summed E-state index contributed by atoms with van der Waals surface area (Å²) in [5.74, 6) is -2.24. The first-order valence-electron chi connectivity index (χ1n) is 10.2. The lowest BCUT2D eigenvalue weighted by molar-refractivity contribution is -0.387. The number of anilines is 2. The predicted molar refractivity (Wildman–Crippen MR) is 116 cm³/mol. The van der Waals surface area contributed by atoms with Gasteiger partial charge in [0.15, 0.2) is 0 Å². The number of carbonyl (C=O) groups is 3. The van der Waals surface area contributed by atoms with E-state index >= 15 is 0 Å². The van der Waals surface area contributed by atoms with Crippen LogP contribution in [0.1, 0.15) is 36.5 Å². The van der Waals surface area contributed by atoms with Crippen LogP contribution in [-0.4, -0.2) is 40.6 Å². The van der Waals surface area contributed by atoms with Gasteiger partial charge in [0.2, 0.25) is 17.6 Å². The monoisotopic (exact) mass is 442 g/mol. The van der Waals surface area contributed by atoms with Crippen molar-refractivity contribution in [2.45, 2.75) is 26.2 Å². The van der Waals surface area contributed by atoms with Crippen molar-refractivity contribution in [2.75, 3.05) is 23.7 Å². The van der Waals surface area contributed by atoms with E-state index in [-0.39, 0.29) is 29.5 Å². The highest BCUT2D eigenvalue weighted by atomic mass is 19.1. The van der Waals surface area contributed by atoms with Crippen LogP contribution in [0.25, 0.3) is 0 Å². The van der Waals surface area contributed by atoms with E-state index in [9.17, 15) is 28.9 Å². The highest BCUT2D eigenvalue weighted by molar-refractivity contribution is 6.05. The molecule has 3 amide bonds. The van der Waals surface area contributed by atoms with E-state index in [4.69, 9.17) is 0 Å². The van der Waals surface area contributed by atoms with Crippen molar-refractivity contribution < 1.29 is 23.7 Å². The fourth-order valence-corrected chi connectivity index (χ4v) is 3.40. The molecule has 0 spiro atoms. The number of likely N-dealkylation sites (tertiary alicyclic amines) is 1. The third-order valence-electron chi connectivity index (χ3n) is 5.18. The maximum Gasteiger partial charge on any atom is 0.306 e. The van der Waals surface area contributed by atoms with E-state index < -0.39 is 28.3 Å². The van der Waals surface area contributed by atoms with Crippen molar-refractivity contribution >= 4 is 34.8 Å². The Morgan fingerprint density at radius 2 is 1.84 bits per heavy atom. The quantitative estimate of drug-likeness (QED) is 0.478. The maximum absolute atomic E-state index is 13.4. The molecule has 3 rings (SSSR count). The molecule has 1 aliphatic rings. The summed E-state index contributed by atoms with van der Waals surface area (Å²) in [5, 5.41) is 16.1. The molecule has 0 radical (unpaired) electrons. The third kappa shape index (κ3) is 5.45. The van der Waals surface area contributed by atoms with Gasteiger partial charge in [-0.25, -0.2) is 0 Å². The SMILES string of the molecule is CCCCN1C[C@H](C(=O)Nc2ccc(C(=O)Nc3ccc(F)c([N+](=O)[O-])c3)cc2)CC1=O. The number of nitrogens with one attached hydrogen (secondary N) is 2. The van der Waals surface area contributed by atoms with E-state index in [0.29, 0.717) is 18.8 Å². The summed E-state index contributed by atoms with van der Waals surface area (Å²) in [6.45, 7) is 3.09. The molecule has 1 saturated heterocycles. The van der Waals surface area contributed by atoms with Crippen molar-refractivity contribution in [2.24, 2.45) is 5.92 Å². The van der Waals surface area contributed by atoms with Crippen molar-refractivity contribution in [3.05, 3.63) is 64.0 Å². The van der Waals surface area contributed by atoms with E-state index in [1.54, 1.807) is 17.0 Å². The molecule has 2 aromatic rings. The molecule has 1 fully saturated rings. The van der Waals surface area contributed by atoms with Gasteiger partial charge in [0.1, 0.15) is 0 Å². The Balaban J connectivity index is 1.58. The van der Waals surface area contributed by atoms with E-state index in [1.165, 1.54) is 18.2 Å². The minimum absolute atomic E-state index is 0.0216. The fourth-order valence-electron chi connectivity index (χ4n) is 3.40. The van der Waals surface area contributed by atoms with E-state index in [0.717, 1.165) is 25.0 Å². The first-order chi connectivity index (χ1) is 15.3. The molecule has 1 aliphatic heterocycles. The molecule has 2 N–H and O–H groups in total. The second kappa shape index (κ2) is 9.99. The number of halogens is 1. The molecule has 9 nitrogen and oxygen atoms in total. The Bertz CT molecular complexity index is 1040. The predicted octanol–water partition coefficient (Wildman–Crippen LogP) is 3.57. The number of hydrogen-bond acceptors (Lipinski definition) is 5. The average molecular weight is 442 g/mol. The molecular weight excluding hydrogens is 419 g/mol. The smallest absolute Gasteiger partial charge is 0.306 e. The molecule has 10 heteroatoms. The van der Waals surface area contributed by atoms with Crippen molar-refractivity contribution in [1.29, 1.82) is 0 Å². The van der Waals surface area contributed by atoms with Crippen LogP contribution in [0, 0.1) is 21.8 Å². The van der Waals surface area contributed by atoms with Gasteiger partial charge in [0.05, 0.1) is 10.8 Å². The Morgan fingerprint density at radius 1 is 1.16 bits per heavy atom. The van der Waals surface area contributed by atoms with Gasteiger partial charge in [0.25, 0.3) is 5.91 Å². The number of rotatable bonds is 8. The zero-order chi connectivity index (χ0) is 23.3. The summed E-state index contributed by atoms with van der Waals surface area (Å²) >= 11 is 0. The first-order valence-corrected chi connectivity index (χ1v) is 10.2. The largest absolute Gasteiger partial charge is 0.342 e. The van der Waals surface area contributed by atoms with Gasteiger partial charge in [-0.3, -0.25) is 24.5 Å². The minimum Gasteiger partial charge on any atom is -0.342 e. The van der Waals surface area contributed by atoms with Crippen LogP contribution in [0.4, 0.5) is 21.5 Å². The van der Waals surface area contributed by atoms with Gasteiger partial charge < -0.3 is 15.5 Å². The molecule has 1 heterocycles. The van der Waals surface area contributed by atoms with Crippen molar-refractivity contribution in [3.63, 3.8) is 0 Å². The fraction of sp³-hybridized carbons (Fsp3) is 0.318. The summed E-state index contributed by atoms with van der Waals surface area (Å²) in [7, 11) is 0. The number of carbonyl (C=O) groups excluding carboxylic acids is 3. The lowest BCUT2D eigenvalue weighted by Gasteiger charge is -2.16. The summed E-state index contributed by atoms with van der Waals surface area (Å²) in [4.78, 5) is 48.6. The normalized spacial score (nSPS) is 15.5. The van der Waals surface area contributed by atoms with Crippen LogP contribution >= 0.6 is 0 Å². The summed E-state index contributed by atoms with van der Waals surface area (Å²) in [5.41, 5.74) is 0.0683. The molecule has 0 saturated carbocycles. The summed E-state index contributed by atoms with van der Waals surface area (Å²) in [6, 6.07) is 9.13.